The zero-order valence-electron chi connectivity index (χ0n) is 13.5. The topological polar surface area (TPSA) is 70.6 Å². The molecule has 1 saturated heterocycles. The highest BCUT2D eigenvalue weighted by atomic mass is 35.5. The van der Waals surface area contributed by atoms with Crippen molar-refractivity contribution in [1.29, 1.82) is 0 Å². The molecule has 0 bridgehead atoms. The average molecular weight is 390 g/mol. The van der Waals surface area contributed by atoms with Gasteiger partial charge >= 0.3 is 0 Å². The molecule has 3 rings (SSSR count). The summed E-state index contributed by atoms with van der Waals surface area (Å²) in [6, 6.07) is 11.2. The first-order valence-electron chi connectivity index (χ1n) is 7.53. The van der Waals surface area contributed by atoms with Crippen molar-refractivity contribution in [3.8, 4) is 0 Å². The first-order chi connectivity index (χ1) is 12.4. The standard InChI is InChI=1S/C18H13ClFN3O2S/c1-10(24)21-11-5-7-12(8-6-11)22-18-23-17(25)16(26-18)9-13-14(19)3-2-4-15(13)20/h2-9H,1H3,(H,21,24)(H,22,23,25)/b16-9-. The molecule has 1 heterocycles. The quantitative estimate of drug-likeness (QED) is 0.767. The Bertz CT molecular complexity index is 922. The van der Waals surface area contributed by atoms with Crippen molar-refractivity contribution in [2.75, 3.05) is 5.32 Å². The van der Waals surface area contributed by atoms with E-state index in [0.29, 0.717) is 21.4 Å². The monoisotopic (exact) mass is 389 g/mol. The molecule has 1 fully saturated rings. The molecule has 2 aromatic carbocycles. The van der Waals surface area contributed by atoms with Crippen LogP contribution in [0.1, 0.15) is 12.5 Å². The predicted octanol–water partition coefficient (Wildman–Crippen LogP) is 4.33. The SMILES string of the molecule is CC(=O)Nc1ccc(N=C2NC(=O)/C(=C/c3c(F)cccc3Cl)S2)cc1. The number of thioether (sulfide) groups is 1. The van der Waals surface area contributed by atoms with Crippen molar-refractivity contribution in [3.63, 3.8) is 0 Å². The summed E-state index contributed by atoms with van der Waals surface area (Å²) < 4.78 is 13.9. The summed E-state index contributed by atoms with van der Waals surface area (Å²) in [6.07, 6.45) is 1.40. The summed E-state index contributed by atoms with van der Waals surface area (Å²) in [5.41, 5.74) is 1.42. The molecule has 0 atom stereocenters. The minimum absolute atomic E-state index is 0.160. The fourth-order valence-corrected chi connectivity index (χ4v) is 3.24. The molecular weight excluding hydrogens is 377 g/mol. The van der Waals surface area contributed by atoms with Gasteiger partial charge in [0.15, 0.2) is 5.17 Å². The Hall–Kier alpha value is -2.64. The van der Waals surface area contributed by atoms with Crippen molar-refractivity contribution < 1.29 is 14.0 Å². The molecule has 0 aliphatic carbocycles. The molecule has 2 amide bonds. The Morgan fingerprint density at radius 3 is 2.65 bits per heavy atom. The summed E-state index contributed by atoms with van der Waals surface area (Å²) in [7, 11) is 0. The van der Waals surface area contributed by atoms with Crippen molar-refractivity contribution >= 4 is 57.8 Å². The number of benzene rings is 2. The van der Waals surface area contributed by atoms with E-state index >= 15 is 0 Å². The van der Waals surface area contributed by atoms with Crippen LogP contribution >= 0.6 is 23.4 Å². The second-order valence-corrected chi connectivity index (χ2v) is 6.78. The normalized spacial score (nSPS) is 16.8. The van der Waals surface area contributed by atoms with E-state index in [1.807, 2.05) is 0 Å². The second-order valence-electron chi connectivity index (χ2n) is 5.35. The predicted molar refractivity (Wildman–Crippen MR) is 103 cm³/mol. The molecule has 2 aromatic rings. The highest BCUT2D eigenvalue weighted by Gasteiger charge is 2.24. The number of amides is 2. The maximum absolute atomic E-state index is 13.9. The molecule has 8 heteroatoms. The number of amidine groups is 1. The zero-order valence-corrected chi connectivity index (χ0v) is 15.1. The van der Waals surface area contributed by atoms with Crippen LogP contribution in [0.4, 0.5) is 15.8 Å². The van der Waals surface area contributed by atoms with Crippen LogP contribution in [0.2, 0.25) is 5.02 Å². The molecule has 0 aromatic heterocycles. The van der Waals surface area contributed by atoms with Crippen LogP contribution < -0.4 is 10.6 Å². The van der Waals surface area contributed by atoms with Crippen LogP contribution in [0.25, 0.3) is 6.08 Å². The number of aliphatic imine (C=N–C) groups is 1. The van der Waals surface area contributed by atoms with Gasteiger partial charge in [0.1, 0.15) is 5.82 Å². The molecule has 0 saturated carbocycles. The molecule has 0 spiro atoms. The third kappa shape index (κ3) is 4.30. The van der Waals surface area contributed by atoms with Crippen molar-refractivity contribution in [2.24, 2.45) is 4.99 Å². The van der Waals surface area contributed by atoms with Gasteiger partial charge in [-0.2, -0.15) is 0 Å². The van der Waals surface area contributed by atoms with Gasteiger partial charge < -0.3 is 10.6 Å². The van der Waals surface area contributed by atoms with E-state index in [1.54, 1.807) is 30.3 Å². The average Bonchev–Trinajstić information content (AvgIpc) is 2.92. The number of hydrogen-bond acceptors (Lipinski definition) is 4. The molecule has 0 unspecified atom stereocenters. The zero-order chi connectivity index (χ0) is 18.7. The number of carbonyl (C=O) groups excluding carboxylic acids is 2. The molecule has 2 N–H and O–H groups in total. The Labute approximate surface area is 158 Å². The summed E-state index contributed by atoms with van der Waals surface area (Å²) >= 11 is 7.08. The largest absolute Gasteiger partial charge is 0.326 e. The van der Waals surface area contributed by atoms with Gasteiger partial charge in [-0.3, -0.25) is 9.59 Å². The lowest BCUT2D eigenvalue weighted by Crippen LogP contribution is -2.19. The van der Waals surface area contributed by atoms with Crippen molar-refractivity contribution in [1.82, 2.24) is 5.32 Å². The molecular formula is C18H13ClFN3O2S. The number of nitrogens with one attached hydrogen (secondary N) is 2. The molecule has 1 aliphatic heterocycles. The van der Waals surface area contributed by atoms with E-state index in [2.05, 4.69) is 15.6 Å². The Balaban J connectivity index is 1.80. The number of hydrogen-bond donors (Lipinski definition) is 2. The van der Waals surface area contributed by atoms with Crippen LogP contribution in [0, 0.1) is 5.82 Å². The van der Waals surface area contributed by atoms with Gasteiger partial charge in [-0.1, -0.05) is 17.7 Å². The van der Waals surface area contributed by atoms with Gasteiger partial charge in [-0.25, -0.2) is 9.38 Å². The maximum Gasteiger partial charge on any atom is 0.264 e. The van der Waals surface area contributed by atoms with Crippen molar-refractivity contribution in [3.05, 3.63) is 63.8 Å². The summed E-state index contributed by atoms with van der Waals surface area (Å²) in [5, 5.41) is 5.89. The van der Waals surface area contributed by atoms with Gasteiger partial charge in [0.2, 0.25) is 5.91 Å². The third-order valence-corrected chi connectivity index (χ3v) is 4.58. The highest BCUT2D eigenvalue weighted by molar-refractivity contribution is 8.18. The minimum atomic E-state index is -0.502. The summed E-state index contributed by atoms with van der Waals surface area (Å²) in [4.78, 5) is 27.7. The smallest absolute Gasteiger partial charge is 0.264 e. The molecule has 0 radical (unpaired) electrons. The molecule has 132 valence electrons. The number of rotatable bonds is 3. The van der Waals surface area contributed by atoms with Crippen LogP contribution in [0.5, 0.6) is 0 Å². The summed E-state index contributed by atoms with van der Waals surface area (Å²) in [5.74, 6) is -1.04. The number of carbonyl (C=O) groups is 2. The van der Waals surface area contributed by atoms with Crippen LogP contribution in [0.3, 0.4) is 0 Å². The lowest BCUT2D eigenvalue weighted by molar-refractivity contribution is -0.115. The first kappa shape index (κ1) is 18.2. The second kappa shape index (κ2) is 7.72. The van der Waals surface area contributed by atoms with Crippen LogP contribution in [0.15, 0.2) is 52.4 Å². The lowest BCUT2D eigenvalue weighted by atomic mass is 10.2. The molecule has 1 aliphatic rings. The fourth-order valence-electron chi connectivity index (χ4n) is 2.20. The van der Waals surface area contributed by atoms with Gasteiger partial charge in [0.05, 0.1) is 15.6 Å². The van der Waals surface area contributed by atoms with Crippen molar-refractivity contribution in [2.45, 2.75) is 6.92 Å². The summed E-state index contributed by atoms with van der Waals surface area (Å²) in [6.45, 7) is 1.43. The van der Waals surface area contributed by atoms with Gasteiger partial charge in [-0.15, -0.1) is 0 Å². The molecule has 5 nitrogen and oxygen atoms in total. The van der Waals surface area contributed by atoms with Gasteiger partial charge in [0, 0.05) is 18.2 Å². The van der Waals surface area contributed by atoms with E-state index in [0.717, 1.165) is 11.8 Å². The van der Waals surface area contributed by atoms with Crippen LogP contribution in [-0.2, 0) is 9.59 Å². The van der Waals surface area contributed by atoms with Crippen LogP contribution in [-0.4, -0.2) is 17.0 Å². The maximum atomic E-state index is 13.9. The Morgan fingerprint density at radius 1 is 1.27 bits per heavy atom. The van der Waals surface area contributed by atoms with E-state index < -0.39 is 5.82 Å². The van der Waals surface area contributed by atoms with E-state index in [-0.39, 0.29) is 22.4 Å². The number of nitrogens with zero attached hydrogens (tertiary/aromatic N) is 1. The fraction of sp³-hybridized carbons (Fsp3) is 0.0556. The number of halogens is 2. The van der Waals surface area contributed by atoms with Gasteiger partial charge in [-0.05, 0) is 54.2 Å². The lowest BCUT2D eigenvalue weighted by Gasteiger charge is -2.02. The highest BCUT2D eigenvalue weighted by Crippen LogP contribution is 2.31. The van der Waals surface area contributed by atoms with E-state index in [9.17, 15) is 14.0 Å². The Morgan fingerprint density at radius 2 is 2.00 bits per heavy atom. The van der Waals surface area contributed by atoms with E-state index in [1.165, 1.54) is 25.1 Å². The first-order valence-corrected chi connectivity index (χ1v) is 8.73. The molecule has 26 heavy (non-hydrogen) atoms. The Kier molecular flexibility index (Phi) is 5.39. The minimum Gasteiger partial charge on any atom is -0.326 e. The third-order valence-electron chi connectivity index (χ3n) is 3.34. The number of anilines is 1. The van der Waals surface area contributed by atoms with E-state index in [4.69, 9.17) is 11.6 Å². The van der Waals surface area contributed by atoms with Gasteiger partial charge in [0.25, 0.3) is 5.91 Å².